The highest BCUT2D eigenvalue weighted by atomic mass is 16.5. The molecule has 1 N–H and O–H groups in total. The van der Waals surface area contributed by atoms with E-state index in [1.165, 1.54) is 13.4 Å². The summed E-state index contributed by atoms with van der Waals surface area (Å²) in [7, 11) is 1.24. The molecular weight excluding hydrogens is 298 g/mol. The van der Waals surface area contributed by atoms with E-state index in [1.807, 2.05) is 30.3 Å². The molecule has 0 fully saturated rings. The summed E-state index contributed by atoms with van der Waals surface area (Å²) in [4.78, 5) is 23.6. The van der Waals surface area contributed by atoms with Crippen molar-refractivity contribution in [2.24, 2.45) is 0 Å². The fourth-order valence-electron chi connectivity index (χ4n) is 1.92. The van der Waals surface area contributed by atoms with Gasteiger partial charge in [-0.05, 0) is 17.7 Å². The van der Waals surface area contributed by atoms with Gasteiger partial charge in [0, 0.05) is 0 Å². The van der Waals surface area contributed by atoms with Gasteiger partial charge in [-0.3, -0.25) is 0 Å². The van der Waals surface area contributed by atoms with Crippen LogP contribution in [0.1, 0.15) is 17.4 Å². The van der Waals surface area contributed by atoms with Crippen molar-refractivity contribution in [3.05, 3.63) is 72.2 Å². The summed E-state index contributed by atoms with van der Waals surface area (Å²) in [6.45, 7) is 3.76. The Labute approximate surface area is 133 Å². The van der Waals surface area contributed by atoms with Crippen LogP contribution in [0.5, 0.6) is 0 Å². The van der Waals surface area contributed by atoms with Gasteiger partial charge in [-0.25, -0.2) is 9.59 Å². The summed E-state index contributed by atoms with van der Waals surface area (Å²) in [5.41, 5.74) is 0.892. The minimum absolute atomic E-state index is 0.0408. The third-order valence-electron chi connectivity index (χ3n) is 3.10. The number of nitrogens with one attached hydrogen (secondary N) is 1. The zero-order valence-electron chi connectivity index (χ0n) is 12.7. The molecule has 6 nitrogen and oxygen atoms in total. The molecule has 0 saturated heterocycles. The monoisotopic (exact) mass is 315 g/mol. The second kappa shape index (κ2) is 7.84. The van der Waals surface area contributed by atoms with E-state index < -0.39 is 18.1 Å². The lowest BCUT2D eigenvalue weighted by atomic mass is 10.1. The maximum Gasteiger partial charge on any atom is 0.408 e. The lowest BCUT2D eigenvalue weighted by Gasteiger charge is -2.17. The van der Waals surface area contributed by atoms with Crippen molar-refractivity contribution < 1.29 is 23.5 Å². The molecule has 0 saturated carbocycles. The molecule has 1 heterocycles. The lowest BCUT2D eigenvalue weighted by Crippen LogP contribution is -2.32. The molecular formula is C17H17NO5. The minimum Gasteiger partial charge on any atom is -0.467 e. The molecule has 0 aliphatic carbocycles. The lowest BCUT2D eigenvalue weighted by molar-refractivity contribution is -0.136. The van der Waals surface area contributed by atoms with Gasteiger partial charge >= 0.3 is 12.1 Å². The van der Waals surface area contributed by atoms with Gasteiger partial charge in [0.05, 0.1) is 18.9 Å². The van der Waals surface area contributed by atoms with E-state index >= 15 is 0 Å². The molecule has 120 valence electrons. The molecule has 0 bridgehead atoms. The number of carbonyl (C=O) groups excluding carboxylic acids is 2. The number of methoxy groups -OCH3 is 1. The van der Waals surface area contributed by atoms with Crippen LogP contribution in [-0.2, 0) is 20.9 Å². The molecule has 23 heavy (non-hydrogen) atoms. The molecule has 1 atom stereocenters. The molecule has 6 heteroatoms. The quantitative estimate of drug-likeness (QED) is 0.655. The van der Waals surface area contributed by atoms with Gasteiger partial charge in [0.15, 0.2) is 0 Å². The fourth-order valence-corrected chi connectivity index (χ4v) is 1.92. The summed E-state index contributed by atoms with van der Waals surface area (Å²) in [5.74, 6) is -0.285. The number of hydrogen-bond donors (Lipinski definition) is 1. The molecule has 1 unspecified atom stereocenters. The first-order chi connectivity index (χ1) is 11.1. The molecule has 2 aromatic rings. The van der Waals surface area contributed by atoms with Gasteiger partial charge < -0.3 is 19.2 Å². The number of ether oxygens (including phenoxy) is 2. The van der Waals surface area contributed by atoms with Crippen LogP contribution in [0.2, 0.25) is 0 Å². The maximum atomic E-state index is 12.0. The average molecular weight is 315 g/mol. The first-order valence-electron chi connectivity index (χ1n) is 6.89. The third kappa shape index (κ3) is 4.47. The van der Waals surface area contributed by atoms with Crippen LogP contribution in [0.25, 0.3) is 0 Å². The Morgan fingerprint density at radius 2 is 1.96 bits per heavy atom. The second-order valence-electron chi connectivity index (χ2n) is 4.67. The smallest absolute Gasteiger partial charge is 0.408 e. The van der Waals surface area contributed by atoms with Crippen LogP contribution in [0.4, 0.5) is 4.79 Å². The standard InChI is InChI=1S/C17H17NO5/c1-12(16(19)21-2)15(14-9-6-10-22-14)18-17(20)23-11-13-7-4-3-5-8-13/h3-10,15H,1,11H2,2H3,(H,18,20). The molecule has 0 aliphatic heterocycles. The Morgan fingerprint density at radius 1 is 1.22 bits per heavy atom. The number of alkyl carbamates (subject to hydrolysis) is 1. The van der Waals surface area contributed by atoms with Gasteiger partial charge in [-0.2, -0.15) is 0 Å². The predicted molar refractivity (Wildman–Crippen MR) is 82.4 cm³/mol. The van der Waals surface area contributed by atoms with E-state index in [0.29, 0.717) is 5.76 Å². The van der Waals surface area contributed by atoms with E-state index in [2.05, 4.69) is 16.6 Å². The van der Waals surface area contributed by atoms with E-state index in [4.69, 9.17) is 9.15 Å². The molecule has 1 aromatic carbocycles. The van der Waals surface area contributed by atoms with Gasteiger partial charge in [-0.15, -0.1) is 0 Å². The van der Waals surface area contributed by atoms with Gasteiger partial charge in [-0.1, -0.05) is 36.9 Å². The predicted octanol–water partition coefficient (Wildman–Crippen LogP) is 2.98. The van der Waals surface area contributed by atoms with Crippen molar-refractivity contribution in [3.63, 3.8) is 0 Å². The zero-order chi connectivity index (χ0) is 16.7. The molecule has 2 rings (SSSR count). The SMILES string of the molecule is C=C(C(=O)OC)C(NC(=O)OCc1ccccc1)c1ccco1. The molecule has 1 aromatic heterocycles. The molecule has 0 radical (unpaired) electrons. The fraction of sp³-hybridized carbons (Fsp3) is 0.176. The van der Waals surface area contributed by atoms with Crippen LogP contribution < -0.4 is 5.32 Å². The van der Waals surface area contributed by atoms with E-state index in [0.717, 1.165) is 5.56 Å². The van der Waals surface area contributed by atoms with Gasteiger partial charge in [0.1, 0.15) is 18.4 Å². The number of furan rings is 1. The van der Waals surface area contributed by atoms with Crippen LogP contribution in [0.15, 0.2) is 65.3 Å². The summed E-state index contributed by atoms with van der Waals surface area (Å²) < 4.78 is 15.0. The Morgan fingerprint density at radius 3 is 2.57 bits per heavy atom. The van der Waals surface area contributed by atoms with Gasteiger partial charge in [0.2, 0.25) is 0 Å². The molecule has 1 amide bonds. The van der Waals surface area contributed by atoms with E-state index in [1.54, 1.807) is 12.1 Å². The van der Waals surface area contributed by atoms with Crippen molar-refractivity contribution in [1.82, 2.24) is 5.32 Å². The van der Waals surface area contributed by atoms with Crippen molar-refractivity contribution in [2.45, 2.75) is 12.6 Å². The summed E-state index contributed by atoms with van der Waals surface area (Å²) in [5, 5.41) is 2.55. The number of hydrogen-bond acceptors (Lipinski definition) is 5. The van der Waals surface area contributed by atoms with Crippen molar-refractivity contribution in [2.75, 3.05) is 7.11 Å². The highest BCUT2D eigenvalue weighted by molar-refractivity contribution is 5.90. The van der Waals surface area contributed by atoms with E-state index in [-0.39, 0.29) is 12.2 Å². The third-order valence-corrected chi connectivity index (χ3v) is 3.10. The van der Waals surface area contributed by atoms with Crippen LogP contribution in [0.3, 0.4) is 0 Å². The molecule has 0 aliphatic rings. The summed E-state index contributed by atoms with van der Waals surface area (Å²) >= 11 is 0. The second-order valence-corrected chi connectivity index (χ2v) is 4.67. The van der Waals surface area contributed by atoms with Crippen molar-refractivity contribution in [1.29, 1.82) is 0 Å². The van der Waals surface area contributed by atoms with E-state index in [9.17, 15) is 9.59 Å². The summed E-state index contributed by atoms with van der Waals surface area (Å²) in [6.07, 6.45) is 0.740. The largest absolute Gasteiger partial charge is 0.467 e. The topological polar surface area (TPSA) is 77.8 Å². The Kier molecular flexibility index (Phi) is 5.57. The first kappa shape index (κ1) is 16.4. The Bertz CT molecular complexity index is 664. The number of esters is 1. The molecule has 0 spiro atoms. The number of rotatable bonds is 6. The normalized spacial score (nSPS) is 11.3. The van der Waals surface area contributed by atoms with Gasteiger partial charge in [0.25, 0.3) is 0 Å². The highest BCUT2D eigenvalue weighted by Crippen LogP contribution is 2.22. The number of carbonyl (C=O) groups is 2. The van der Waals surface area contributed by atoms with Crippen LogP contribution in [0, 0.1) is 0 Å². The van der Waals surface area contributed by atoms with Crippen LogP contribution in [-0.4, -0.2) is 19.2 Å². The minimum atomic E-state index is -0.860. The Balaban J connectivity index is 2.01. The van der Waals surface area contributed by atoms with Crippen molar-refractivity contribution in [3.8, 4) is 0 Å². The zero-order valence-corrected chi connectivity index (χ0v) is 12.7. The average Bonchev–Trinajstić information content (AvgIpc) is 3.11. The first-order valence-corrected chi connectivity index (χ1v) is 6.89. The summed E-state index contributed by atoms with van der Waals surface area (Å²) in [6, 6.07) is 11.6. The van der Waals surface area contributed by atoms with Crippen LogP contribution >= 0.6 is 0 Å². The number of benzene rings is 1. The van der Waals surface area contributed by atoms with Crippen molar-refractivity contribution >= 4 is 12.1 Å². The number of amides is 1. The Hall–Kier alpha value is -3.02. The highest BCUT2D eigenvalue weighted by Gasteiger charge is 2.26. The maximum absolute atomic E-state index is 12.0.